The third-order valence-electron chi connectivity index (χ3n) is 15.8. The Morgan fingerprint density at radius 2 is 1.50 bits per heavy atom. The molecular formula is C42H65NO3. The van der Waals surface area contributed by atoms with Gasteiger partial charge in [0.25, 0.3) is 0 Å². The summed E-state index contributed by atoms with van der Waals surface area (Å²) in [5, 5.41) is 3.26. The van der Waals surface area contributed by atoms with Gasteiger partial charge in [-0.1, -0.05) is 84.4 Å². The second-order valence-electron chi connectivity index (χ2n) is 19.4. The Morgan fingerprint density at radius 1 is 0.783 bits per heavy atom. The first-order chi connectivity index (χ1) is 21.5. The number of fused-ring (bicyclic) bond motifs is 9. The van der Waals surface area contributed by atoms with Crippen LogP contribution in [0.3, 0.4) is 0 Å². The molecule has 46 heavy (non-hydrogen) atoms. The summed E-state index contributed by atoms with van der Waals surface area (Å²) >= 11 is 0. The predicted octanol–water partition coefficient (Wildman–Crippen LogP) is 9.85. The number of nitrogens with one attached hydrogen (secondary N) is 1. The number of ether oxygens (including phenoxy) is 3. The first kappa shape index (κ1) is 33.3. The van der Waals surface area contributed by atoms with Crippen LogP contribution in [0.25, 0.3) is 0 Å². The van der Waals surface area contributed by atoms with E-state index in [1.54, 1.807) is 0 Å². The first-order valence-electron chi connectivity index (χ1n) is 18.9. The Morgan fingerprint density at radius 3 is 2.22 bits per heavy atom. The van der Waals surface area contributed by atoms with E-state index in [4.69, 9.17) is 14.2 Å². The van der Waals surface area contributed by atoms with E-state index in [0.717, 1.165) is 19.6 Å². The van der Waals surface area contributed by atoms with E-state index in [1.807, 2.05) is 12.6 Å². The van der Waals surface area contributed by atoms with Crippen LogP contribution < -0.4 is 5.32 Å². The van der Waals surface area contributed by atoms with Crippen LogP contribution in [0.1, 0.15) is 131 Å². The molecule has 10 atom stereocenters. The average Bonchev–Trinajstić information content (AvgIpc) is 2.98. The smallest absolute Gasteiger partial charge is 0.163 e. The SMILES string of the molecule is CNCc1ccc(CO[C@@H]2CC(C)(C)C[C@H]3C4=CCC5[C@@]6(C)CC[C@@H]7OC(C)(C)OC[C@]7(C)C6CC[C@@]5(C)[C@]4(C)CC[C@@]23C)cc1. The fourth-order valence-corrected chi connectivity index (χ4v) is 12.9. The molecule has 2 unspecified atom stereocenters. The van der Waals surface area contributed by atoms with Crippen molar-refractivity contribution in [3.8, 4) is 0 Å². The zero-order valence-corrected chi connectivity index (χ0v) is 31.0. The zero-order chi connectivity index (χ0) is 33.0. The van der Waals surface area contributed by atoms with Crippen LogP contribution in [-0.2, 0) is 27.4 Å². The highest BCUT2D eigenvalue weighted by Crippen LogP contribution is 2.76. The minimum atomic E-state index is -0.460. The van der Waals surface area contributed by atoms with Crippen LogP contribution in [0, 0.1) is 50.2 Å². The van der Waals surface area contributed by atoms with Gasteiger partial charge in [-0.2, -0.15) is 0 Å². The van der Waals surface area contributed by atoms with Crippen LogP contribution in [0.15, 0.2) is 35.9 Å². The van der Waals surface area contributed by atoms with Gasteiger partial charge in [-0.05, 0) is 129 Å². The Bertz CT molecular complexity index is 1350. The summed E-state index contributed by atoms with van der Waals surface area (Å²) in [6.07, 6.45) is 14.7. The quantitative estimate of drug-likeness (QED) is 0.329. The third kappa shape index (κ3) is 4.88. The van der Waals surface area contributed by atoms with E-state index >= 15 is 0 Å². The van der Waals surface area contributed by atoms with Crippen molar-refractivity contribution in [3.05, 3.63) is 47.0 Å². The summed E-state index contributed by atoms with van der Waals surface area (Å²) in [6, 6.07) is 9.02. The monoisotopic (exact) mass is 631 g/mol. The fraction of sp³-hybridized carbons (Fsp3) is 0.810. The molecule has 4 nitrogen and oxygen atoms in total. The summed E-state index contributed by atoms with van der Waals surface area (Å²) in [4.78, 5) is 0. The summed E-state index contributed by atoms with van der Waals surface area (Å²) in [7, 11) is 2.01. The Balaban J connectivity index is 1.17. The van der Waals surface area contributed by atoms with E-state index in [-0.39, 0.29) is 27.8 Å². The topological polar surface area (TPSA) is 39.7 Å². The first-order valence-corrected chi connectivity index (χ1v) is 18.9. The van der Waals surface area contributed by atoms with E-state index < -0.39 is 5.79 Å². The van der Waals surface area contributed by atoms with Gasteiger partial charge in [0.1, 0.15) is 0 Å². The van der Waals surface area contributed by atoms with Crippen molar-refractivity contribution in [2.75, 3.05) is 13.7 Å². The molecule has 5 fully saturated rings. The molecule has 0 aromatic heterocycles. The molecule has 1 N–H and O–H groups in total. The highest BCUT2D eigenvalue weighted by Gasteiger charge is 2.70. The molecule has 0 bridgehead atoms. The maximum atomic E-state index is 7.02. The molecule has 4 saturated carbocycles. The lowest BCUT2D eigenvalue weighted by molar-refractivity contribution is -0.351. The van der Waals surface area contributed by atoms with Crippen molar-refractivity contribution in [2.45, 2.75) is 151 Å². The number of allylic oxidation sites excluding steroid dienone is 2. The van der Waals surface area contributed by atoms with Crippen LogP contribution in [-0.4, -0.2) is 31.6 Å². The van der Waals surface area contributed by atoms with Gasteiger partial charge in [-0.15, -0.1) is 0 Å². The molecule has 5 aliphatic carbocycles. The molecule has 1 aromatic rings. The highest BCUT2D eigenvalue weighted by atomic mass is 16.7. The molecule has 1 saturated heterocycles. The summed E-state index contributed by atoms with van der Waals surface area (Å²) in [5.41, 5.74) is 5.87. The Hall–Kier alpha value is -1.20. The van der Waals surface area contributed by atoms with E-state index in [0.29, 0.717) is 41.3 Å². The maximum absolute atomic E-state index is 7.02. The number of hydrogen-bond donors (Lipinski definition) is 1. The summed E-state index contributed by atoms with van der Waals surface area (Å²) in [6.45, 7) is 24.9. The van der Waals surface area contributed by atoms with Gasteiger partial charge in [0.15, 0.2) is 5.79 Å². The lowest BCUT2D eigenvalue weighted by atomic mass is 9.33. The van der Waals surface area contributed by atoms with Crippen molar-refractivity contribution < 1.29 is 14.2 Å². The largest absolute Gasteiger partial charge is 0.373 e. The maximum Gasteiger partial charge on any atom is 0.163 e. The van der Waals surface area contributed by atoms with Gasteiger partial charge in [0.05, 0.1) is 25.4 Å². The van der Waals surface area contributed by atoms with Crippen LogP contribution in [0.5, 0.6) is 0 Å². The van der Waals surface area contributed by atoms with Crippen molar-refractivity contribution in [1.29, 1.82) is 0 Å². The third-order valence-corrected chi connectivity index (χ3v) is 15.8. The lowest BCUT2D eigenvalue weighted by Gasteiger charge is -2.72. The van der Waals surface area contributed by atoms with Gasteiger partial charge < -0.3 is 19.5 Å². The molecule has 1 heterocycles. The average molecular weight is 632 g/mol. The van der Waals surface area contributed by atoms with Crippen molar-refractivity contribution in [3.63, 3.8) is 0 Å². The molecule has 4 heteroatoms. The predicted molar refractivity (Wildman–Crippen MR) is 187 cm³/mol. The van der Waals surface area contributed by atoms with Gasteiger partial charge in [0, 0.05) is 17.4 Å². The van der Waals surface area contributed by atoms with Gasteiger partial charge >= 0.3 is 0 Å². The van der Waals surface area contributed by atoms with E-state index in [9.17, 15) is 0 Å². The summed E-state index contributed by atoms with van der Waals surface area (Å²) in [5.74, 6) is 1.49. The molecule has 0 spiro atoms. The zero-order valence-electron chi connectivity index (χ0n) is 31.0. The highest BCUT2D eigenvalue weighted by molar-refractivity contribution is 5.34. The fourth-order valence-electron chi connectivity index (χ4n) is 12.9. The number of hydrogen-bond acceptors (Lipinski definition) is 4. The number of rotatable bonds is 5. The van der Waals surface area contributed by atoms with Gasteiger partial charge in [-0.3, -0.25) is 0 Å². The van der Waals surface area contributed by atoms with Crippen molar-refractivity contribution in [2.24, 2.45) is 50.2 Å². The normalized spacial score (nSPS) is 47.3. The molecule has 0 amide bonds. The molecular weight excluding hydrogens is 566 g/mol. The van der Waals surface area contributed by atoms with Crippen LogP contribution >= 0.6 is 0 Å². The molecule has 256 valence electrons. The second kappa shape index (κ2) is 10.9. The Kier molecular flexibility index (Phi) is 7.89. The minimum absolute atomic E-state index is 0.102. The minimum Gasteiger partial charge on any atom is -0.373 e. The standard InChI is InChI=1S/C42H65NO3/c1-36(2)23-31-30-15-16-33-39(6)19-18-34-40(7,27-45-37(3,4)46-34)32(39)17-20-42(33,9)41(30,8)22-21-38(31,5)35(24-36)44-26-29-13-11-28(12-14-29)25-43-10/h11-15,31-35,43H,16-27H2,1-10H3/t31-,32?,33?,34-,35+,38+,39-,40+,41+,42+/m0/s1. The van der Waals surface area contributed by atoms with E-state index in [2.05, 4.69) is 98.0 Å². The Labute approximate surface area is 281 Å². The lowest BCUT2D eigenvalue weighted by Crippen LogP contribution is -2.68. The van der Waals surface area contributed by atoms with Crippen LogP contribution in [0.2, 0.25) is 0 Å². The number of benzene rings is 1. The molecule has 1 aromatic carbocycles. The van der Waals surface area contributed by atoms with Gasteiger partial charge in [0.2, 0.25) is 0 Å². The molecule has 1 aliphatic heterocycles. The van der Waals surface area contributed by atoms with Crippen molar-refractivity contribution >= 4 is 0 Å². The van der Waals surface area contributed by atoms with Crippen LogP contribution in [0.4, 0.5) is 0 Å². The molecule has 6 aliphatic rings. The molecule has 0 radical (unpaired) electrons. The van der Waals surface area contributed by atoms with Crippen molar-refractivity contribution in [1.82, 2.24) is 5.32 Å². The summed E-state index contributed by atoms with van der Waals surface area (Å²) < 4.78 is 20.1. The van der Waals surface area contributed by atoms with Gasteiger partial charge in [-0.25, -0.2) is 0 Å². The van der Waals surface area contributed by atoms with E-state index in [1.165, 1.54) is 62.5 Å². The molecule has 7 rings (SSSR count). The second-order valence-corrected chi connectivity index (χ2v) is 19.4.